The zero-order chi connectivity index (χ0) is 19.3. The lowest BCUT2D eigenvalue weighted by molar-refractivity contribution is -0.133. The van der Waals surface area contributed by atoms with Crippen LogP contribution in [0, 0.1) is 0 Å². The van der Waals surface area contributed by atoms with Crippen LogP contribution in [0.4, 0.5) is 0 Å². The predicted octanol–water partition coefficient (Wildman–Crippen LogP) is 1.98. The lowest BCUT2D eigenvalue weighted by Gasteiger charge is -2.35. The van der Waals surface area contributed by atoms with E-state index in [1.807, 2.05) is 26.0 Å². The van der Waals surface area contributed by atoms with Gasteiger partial charge in [-0.2, -0.15) is 4.31 Å². The number of hydrogen-bond donors (Lipinski definition) is 0. The van der Waals surface area contributed by atoms with Crippen molar-refractivity contribution in [3.05, 3.63) is 29.8 Å². The zero-order valence-electron chi connectivity index (χ0n) is 16.3. The van der Waals surface area contributed by atoms with Gasteiger partial charge in [-0.05, 0) is 36.7 Å². The molecule has 1 fully saturated rings. The summed E-state index contributed by atoms with van der Waals surface area (Å²) in [7, 11) is -3.50. The van der Waals surface area contributed by atoms with Crippen LogP contribution in [0.1, 0.15) is 39.2 Å². The van der Waals surface area contributed by atoms with E-state index in [2.05, 4.69) is 18.7 Å². The normalized spacial score (nSPS) is 16.5. The van der Waals surface area contributed by atoms with E-state index < -0.39 is 10.0 Å². The van der Waals surface area contributed by atoms with E-state index in [9.17, 15) is 13.2 Å². The van der Waals surface area contributed by atoms with Crippen molar-refractivity contribution in [2.75, 3.05) is 45.8 Å². The van der Waals surface area contributed by atoms with E-state index in [1.165, 1.54) is 4.31 Å². The summed E-state index contributed by atoms with van der Waals surface area (Å²) in [6.07, 6.45) is 0. The minimum Gasteiger partial charge on any atom is -0.339 e. The number of rotatable bonds is 7. The van der Waals surface area contributed by atoms with Crippen molar-refractivity contribution in [1.29, 1.82) is 0 Å². The highest BCUT2D eigenvalue weighted by Gasteiger charge is 2.30. The molecule has 26 heavy (non-hydrogen) atoms. The molecule has 7 heteroatoms. The van der Waals surface area contributed by atoms with Crippen LogP contribution in [0.25, 0.3) is 0 Å². The van der Waals surface area contributed by atoms with E-state index in [1.54, 1.807) is 17.0 Å². The summed E-state index contributed by atoms with van der Waals surface area (Å²) in [5.74, 6) is 0.444. The first-order chi connectivity index (χ1) is 12.3. The minimum absolute atomic E-state index is 0.0760. The summed E-state index contributed by atoms with van der Waals surface area (Å²) in [5, 5.41) is 0. The molecule has 6 nitrogen and oxygen atoms in total. The molecule has 0 spiro atoms. The van der Waals surface area contributed by atoms with Crippen molar-refractivity contribution in [2.45, 2.75) is 38.5 Å². The second-order valence-electron chi connectivity index (χ2n) is 6.97. The van der Waals surface area contributed by atoms with Gasteiger partial charge in [-0.25, -0.2) is 8.42 Å². The number of hydrogen-bond acceptors (Lipinski definition) is 4. The third-order valence-electron chi connectivity index (χ3n) is 5.03. The fourth-order valence-electron chi connectivity index (χ4n) is 3.09. The van der Waals surface area contributed by atoms with E-state index >= 15 is 0 Å². The molecule has 0 aliphatic carbocycles. The van der Waals surface area contributed by atoms with Crippen LogP contribution in [-0.4, -0.2) is 74.2 Å². The van der Waals surface area contributed by atoms with Gasteiger partial charge < -0.3 is 4.90 Å². The highest BCUT2D eigenvalue weighted by Crippen LogP contribution is 2.21. The summed E-state index contributed by atoms with van der Waals surface area (Å²) < 4.78 is 27.1. The standard InChI is InChI=1S/C19H31N3O3S/c1-5-20(6-2)15-19(23)21-11-13-22(14-12-21)26(24,25)18-9-7-17(8-10-18)16(3)4/h7-10,16H,5-6,11-15H2,1-4H3. The average Bonchev–Trinajstić information content (AvgIpc) is 2.66. The fraction of sp³-hybridized carbons (Fsp3) is 0.632. The van der Waals surface area contributed by atoms with Gasteiger partial charge in [0, 0.05) is 26.2 Å². The number of likely N-dealkylation sites (N-methyl/N-ethyl adjacent to an activating group) is 1. The average molecular weight is 382 g/mol. The maximum absolute atomic E-state index is 12.8. The van der Waals surface area contributed by atoms with E-state index in [0.29, 0.717) is 43.5 Å². The number of amides is 1. The maximum atomic E-state index is 12.8. The number of piperazine rings is 1. The molecule has 146 valence electrons. The van der Waals surface area contributed by atoms with Crippen LogP contribution >= 0.6 is 0 Å². The molecule has 1 amide bonds. The lowest BCUT2D eigenvalue weighted by Crippen LogP contribution is -2.52. The van der Waals surface area contributed by atoms with Gasteiger partial charge in [0.2, 0.25) is 15.9 Å². The molecule has 1 aromatic rings. The minimum atomic E-state index is -3.50. The predicted molar refractivity (Wildman–Crippen MR) is 104 cm³/mol. The molecule has 0 aromatic heterocycles. The second-order valence-corrected chi connectivity index (χ2v) is 8.91. The molecule has 0 atom stereocenters. The van der Waals surface area contributed by atoms with E-state index in [0.717, 1.165) is 18.7 Å². The number of benzene rings is 1. The van der Waals surface area contributed by atoms with Gasteiger partial charge in [0.1, 0.15) is 0 Å². The van der Waals surface area contributed by atoms with E-state index in [-0.39, 0.29) is 5.91 Å². The number of carbonyl (C=O) groups is 1. The molecule has 1 heterocycles. The number of carbonyl (C=O) groups excluding carboxylic acids is 1. The Hall–Kier alpha value is -1.44. The second kappa shape index (κ2) is 8.97. The van der Waals surface area contributed by atoms with Gasteiger partial charge in [0.25, 0.3) is 0 Å². The summed E-state index contributed by atoms with van der Waals surface area (Å²) in [5.41, 5.74) is 1.12. The maximum Gasteiger partial charge on any atom is 0.243 e. The third kappa shape index (κ3) is 4.84. The highest BCUT2D eigenvalue weighted by molar-refractivity contribution is 7.89. The van der Waals surface area contributed by atoms with Crippen LogP contribution in [0.2, 0.25) is 0 Å². The van der Waals surface area contributed by atoms with Gasteiger partial charge in [-0.3, -0.25) is 9.69 Å². The SMILES string of the molecule is CCN(CC)CC(=O)N1CCN(S(=O)(=O)c2ccc(C(C)C)cc2)CC1. The van der Waals surface area contributed by atoms with Crippen LogP contribution in [0.15, 0.2) is 29.2 Å². The van der Waals surface area contributed by atoms with Crippen molar-refractivity contribution in [1.82, 2.24) is 14.1 Å². The van der Waals surface area contributed by atoms with Gasteiger partial charge in [-0.1, -0.05) is 39.8 Å². The number of nitrogens with zero attached hydrogens (tertiary/aromatic N) is 3. The summed E-state index contributed by atoms with van der Waals surface area (Å²) >= 11 is 0. The van der Waals surface area contributed by atoms with E-state index in [4.69, 9.17) is 0 Å². The molecular formula is C19H31N3O3S. The first-order valence-electron chi connectivity index (χ1n) is 9.39. The van der Waals surface area contributed by atoms with Crippen molar-refractivity contribution in [2.24, 2.45) is 0 Å². The zero-order valence-corrected chi connectivity index (χ0v) is 17.1. The topological polar surface area (TPSA) is 60.9 Å². The molecule has 1 aliphatic heterocycles. The molecule has 1 saturated heterocycles. The quantitative estimate of drug-likeness (QED) is 0.725. The molecule has 1 aliphatic rings. The fourth-order valence-corrected chi connectivity index (χ4v) is 4.51. The molecule has 1 aromatic carbocycles. The summed E-state index contributed by atoms with van der Waals surface area (Å²) in [6.45, 7) is 11.9. The summed E-state index contributed by atoms with van der Waals surface area (Å²) in [6, 6.07) is 7.12. The molecule has 0 unspecified atom stereocenters. The third-order valence-corrected chi connectivity index (χ3v) is 6.94. The van der Waals surface area contributed by atoms with Crippen molar-refractivity contribution in [3.8, 4) is 0 Å². The Bertz CT molecular complexity index is 689. The Morgan fingerprint density at radius 1 is 1.04 bits per heavy atom. The monoisotopic (exact) mass is 381 g/mol. The lowest BCUT2D eigenvalue weighted by atomic mass is 10.0. The molecule has 0 N–H and O–H groups in total. The molecule has 0 saturated carbocycles. The molecule has 0 bridgehead atoms. The number of sulfonamides is 1. The van der Waals surface area contributed by atoms with Gasteiger partial charge in [0.15, 0.2) is 0 Å². The van der Waals surface area contributed by atoms with Gasteiger partial charge in [0.05, 0.1) is 11.4 Å². The highest BCUT2D eigenvalue weighted by atomic mass is 32.2. The largest absolute Gasteiger partial charge is 0.339 e. The van der Waals surface area contributed by atoms with Crippen LogP contribution in [-0.2, 0) is 14.8 Å². The molecule has 2 rings (SSSR count). The first kappa shape index (κ1) is 20.9. The van der Waals surface area contributed by atoms with Crippen molar-refractivity contribution >= 4 is 15.9 Å². The van der Waals surface area contributed by atoms with Crippen LogP contribution in [0.5, 0.6) is 0 Å². The van der Waals surface area contributed by atoms with Crippen LogP contribution in [0.3, 0.4) is 0 Å². The van der Waals surface area contributed by atoms with Crippen molar-refractivity contribution < 1.29 is 13.2 Å². The smallest absolute Gasteiger partial charge is 0.243 e. The van der Waals surface area contributed by atoms with Crippen LogP contribution < -0.4 is 0 Å². The summed E-state index contributed by atoms with van der Waals surface area (Å²) in [4.78, 5) is 16.5. The Morgan fingerprint density at radius 3 is 2.04 bits per heavy atom. The molecule has 0 radical (unpaired) electrons. The Morgan fingerprint density at radius 2 is 1.58 bits per heavy atom. The Kier molecular flexibility index (Phi) is 7.20. The Balaban J connectivity index is 1.98. The first-order valence-corrected chi connectivity index (χ1v) is 10.8. The van der Waals surface area contributed by atoms with Gasteiger partial charge >= 0.3 is 0 Å². The van der Waals surface area contributed by atoms with Gasteiger partial charge in [-0.15, -0.1) is 0 Å². The molecular weight excluding hydrogens is 350 g/mol. The van der Waals surface area contributed by atoms with Crippen molar-refractivity contribution in [3.63, 3.8) is 0 Å². The Labute approximate surface area is 157 Å².